The molecule has 2 aromatic rings. The monoisotopic (exact) mass is 456 g/mol. The Morgan fingerprint density at radius 2 is 1.76 bits per heavy atom. The molecule has 0 saturated heterocycles. The zero-order valence-electron chi connectivity index (χ0n) is 17.2. The lowest BCUT2D eigenvalue weighted by Gasteiger charge is -2.30. The van der Waals surface area contributed by atoms with Gasteiger partial charge in [0, 0.05) is 17.1 Å². The van der Waals surface area contributed by atoms with Crippen molar-refractivity contribution in [3.63, 3.8) is 0 Å². The zero-order valence-corrected chi connectivity index (χ0v) is 18.7. The van der Waals surface area contributed by atoms with E-state index >= 15 is 0 Å². The van der Waals surface area contributed by atoms with Gasteiger partial charge in [-0.1, -0.05) is 65.2 Å². The van der Waals surface area contributed by atoms with Crippen LogP contribution in [0.15, 0.2) is 53.0 Å². The molecule has 4 nitrogen and oxygen atoms in total. The van der Waals surface area contributed by atoms with Gasteiger partial charge in [-0.25, -0.2) is 0 Å². The molecule has 0 aliphatic heterocycles. The lowest BCUT2D eigenvalue weighted by molar-refractivity contribution is -0.140. The van der Waals surface area contributed by atoms with Crippen LogP contribution in [0.1, 0.15) is 49.3 Å². The second-order valence-corrected chi connectivity index (χ2v) is 8.83. The number of carbonyl (C=O) groups excluding carboxylic acids is 2. The maximum atomic E-state index is 13.3. The molecular weight excluding hydrogens is 428 g/mol. The highest BCUT2D eigenvalue weighted by Crippen LogP contribution is 2.20. The van der Waals surface area contributed by atoms with Crippen molar-refractivity contribution in [2.75, 3.05) is 0 Å². The molecule has 1 aliphatic carbocycles. The maximum Gasteiger partial charge on any atom is 0.242 e. The van der Waals surface area contributed by atoms with Crippen LogP contribution in [0.3, 0.4) is 0 Å². The van der Waals surface area contributed by atoms with Crippen LogP contribution in [-0.4, -0.2) is 28.8 Å². The second kappa shape index (κ2) is 10.1. The fraction of sp³-hybridized carbons (Fsp3) is 0.417. The Kier molecular flexibility index (Phi) is 7.48. The predicted octanol–water partition coefficient (Wildman–Crippen LogP) is 4.78. The standard InChI is InChI=1S/C24H29BrN2O2/c1-17-7-3-4-8-20(17)15-23(28)27(16-19-11-13-21(25)14-12-19)18(2)24(29)26-22-9-5-6-10-22/h3-4,7-8,11-14,18,22H,5-6,9-10,15-16H2,1-2H3,(H,26,29)/t18-/m1/s1. The van der Waals surface area contributed by atoms with Crippen molar-refractivity contribution in [2.45, 2.75) is 64.6 Å². The molecule has 154 valence electrons. The average Bonchev–Trinajstić information content (AvgIpc) is 3.21. The van der Waals surface area contributed by atoms with E-state index in [1.54, 1.807) is 4.90 Å². The van der Waals surface area contributed by atoms with Crippen molar-refractivity contribution in [2.24, 2.45) is 0 Å². The van der Waals surface area contributed by atoms with E-state index < -0.39 is 6.04 Å². The zero-order chi connectivity index (χ0) is 20.8. The summed E-state index contributed by atoms with van der Waals surface area (Å²) in [6, 6.07) is 15.5. The van der Waals surface area contributed by atoms with Gasteiger partial charge in [0.2, 0.25) is 11.8 Å². The number of halogens is 1. The smallest absolute Gasteiger partial charge is 0.242 e. The van der Waals surface area contributed by atoms with E-state index in [0.717, 1.165) is 46.8 Å². The van der Waals surface area contributed by atoms with Crippen molar-refractivity contribution in [1.29, 1.82) is 0 Å². The molecule has 1 aliphatic rings. The van der Waals surface area contributed by atoms with Crippen molar-refractivity contribution in [1.82, 2.24) is 10.2 Å². The third-order valence-corrected chi connectivity index (χ3v) is 6.27. The van der Waals surface area contributed by atoms with E-state index in [1.807, 2.05) is 62.4 Å². The minimum atomic E-state index is -0.518. The summed E-state index contributed by atoms with van der Waals surface area (Å²) in [5.74, 6) is -0.0940. The Bertz CT molecular complexity index is 844. The maximum absolute atomic E-state index is 13.3. The normalized spacial score (nSPS) is 15.1. The molecule has 2 aromatic carbocycles. The molecule has 1 fully saturated rings. The Morgan fingerprint density at radius 3 is 2.41 bits per heavy atom. The molecule has 0 unspecified atom stereocenters. The van der Waals surface area contributed by atoms with E-state index in [9.17, 15) is 9.59 Å². The van der Waals surface area contributed by atoms with Gasteiger partial charge in [-0.15, -0.1) is 0 Å². The fourth-order valence-corrected chi connectivity index (χ4v) is 4.10. The van der Waals surface area contributed by atoms with Crippen LogP contribution in [0.2, 0.25) is 0 Å². The molecule has 0 aromatic heterocycles. The Hall–Kier alpha value is -2.14. The molecule has 3 rings (SSSR count). The molecule has 0 heterocycles. The van der Waals surface area contributed by atoms with Crippen molar-refractivity contribution in [3.05, 3.63) is 69.7 Å². The number of hydrogen-bond donors (Lipinski definition) is 1. The number of carbonyl (C=O) groups is 2. The van der Waals surface area contributed by atoms with Crippen molar-refractivity contribution < 1.29 is 9.59 Å². The number of amides is 2. The minimum Gasteiger partial charge on any atom is -0.352 e. The number of benzene rings is 2. The van der Waals surface area contributed by atoms with Gasteiger partial charge in [-0.2, -0.15) is 0 Å². The van der Waals surface area contributed by atoms with E-state index in [4.69, 9.17) is 0 Å². The molecule has 0 bridgehead atoms. The summed E-state index contributed by atoms with van der Waals surface area (Å²) in [6.07, 6.45) is 4.68. The van der Waals surface area contributed by atoms with Crippen molar-refractivity contribution in [3.8, 4) is 0 Å². The number of rotatable bonds is 7. The summed E-state index contributed by atoms with van der Waals surface area (Å²) in [4.78, 5) is 27.9. The topological polar surface area (TPSA) is 49.4 Å². The van der Waals surface area contributed by atoms with Crippen LogP contribution >= 0.6 is 15.9 Å². The summed E-state index contributed by atoms with van der Waals surface area (Å²) in [7, 11) is 0. The van der Waals surface area contributed by atoms with E-state index in [2.05, 4.69) is 21.2 Å². The first-order valence-corrected chi connectivity index (χ1v) is 11.1. The molecule has 5 heteroatoms. The van der Waals surface area contributed by atoms with Crippen LogP contribution < -0.4 is 5.32 Å². The average molecular weight is 457 g/mol. The van der Waals surface area contributed by atoms with E-state index in [-0.39, 0.29) is 17.9 Å². The highest BCUT2D eigenvalue weighted by atomic mass is 79.9. The molecule has 29 heavy (non-hydrogen) atoms. The second-order valence-electron chi connectivity index (χ2n) is 7.92. The summed E-state index contributed by atoms with van der Waals surface area (Å²) in [5, 5.41) is 3.14. The van der Waals surface area contributed by atoms with Gasteiger partial charge >= 0.3 is 0 Å². The number of hydrogen-bond acceptors (Lipinski definition) is 2. The van der Waals surface area contributed by atoms with Gasteiger partial charge in [-0.05, 0) is 55.5 Å². The molecule has 2 amide bonds. The first-order chi connectivity index (χ1) is 13.9. The molecule has 1 atom stereocenters. The predicted molar refractivity (Wildman–Crippen MR) is 119 cm³/mol. The lowest BCUT2D eigenvalue weighted by Crippen LogP contribution is -2.50. The molecule has 0 radical (unpaired) electrons. The molecular formula is C24H29BrN2O2. The summed E-state index contributed by atoms with van der Waals surface area (Å²) < 4.78 is 0.992. The largest absolute Gasteiger partial charge is 0.352 e. The Morgan fingerprint density at radius 1 is 1.10 bits per heavy atom. The quantitative estimate of drug-likeness (QED) is 0.651. The Balaban J connectivity index is 1.77. The SMILES string of the molecule is Cc1ccccc1CC(=O)N(Cc1ccc(Br)cc1)[C@H](C)C(=O)NC1CCCC1. The fourth-order valence-electron chi connectivity index (χ4n) is 3.83. The summed E-state index contributed by atoms with van der Waals surface area (Å²) >= 11 is 3.45. The number of nitrogens with one attached hydrogen (secondary N) is 1. The van der Waals surface area contributed by atoms with Crippen molar-refractivity contribution >= 4 is 27.7 Å². The first kappa shape index (κ1) is 21.6. The van der Waals surface area contributed by atoms with Gasteiger partial charge in [0.1, 0.15) is 6.04 Å². The number of nitrogens with zero attached hydrogens (tertiary/aromatic N) is 1. The van der Waals surface area contributed by atoms with Crippen LogP contribution in [0.5, 0.6) is 0 Å². The lowest BCUT2D eigenvalue weighted by atomic mass is 10.0. The molecule has 0 spiro atoms. The van der Waals surface area contributed by atoms with Crippen LogP contribution in [0, 0.1) is 6.92 Å². The summed E-state index contributed by atoms with van der Waals surface area (Å²) in [6.45, 7) is 4.26. The van der Waals surface area contributed by atoms with Crippen LogP contribution in [0.4, 0.5) is 0 Å². The Labute approximate surface area is 181 Å². The number of aryl methyl sites for hydroxylation is 1. The van der Waals surface area contributed by atoms with E-state index in [1.165, 1.54) is 0 Å². The van der Waals surface area contributed by atoms with Gasteiger partial charge in [0.15, 0.2) is 0 Å². The third kappa shape index (κ3) is 5.92. The van der Waals surface area contributed by atoms with E-state index in [0.29, 0.717) is 13.0 Å². The van der Waals surface area contributed by atoms with Gasteiger partial charge in [0.25, 0.3) is 0 Å². The highest BCUT2D eigenvalue weighted by molar-refractivity contribution is 9.10. The van der Waals surface area contributed by atoms with Gasteiger partial charge < -0.3 is 10.2 Å². The first-order valence-electron chi connectivity index (χ1n) is 10.3. The minimum absolute atomic E-state index is 0.0312. The van der Waals surface area contributed by atoms with Gasteiger partial charge in [-0.3, -0.25) is 9.59 Å². The molecule has 1 saturated carbocycles. The summed E-state index contributed by atoms with van der Waals surface area (Å²) in [5.41, 5.74) is 3.10. The third-order valence-electron chi connectivity index (χ3n) is 5.74. The van der Waals surface area contributed by atoms with Crippen LogP contribution in [0.25, 0.3) is 0 Å². The molecule has 1 N–H and O–H groups in total. The van der Waals surface area contributed by atoms with Gasteiger partial charge in [0.05, 0.1) is 6.42 Å². The van der Waals surface area contributed by atoms with Crippen LogP contribution in [-0.2, 0) is 22.6 Å². The highest BCUT2D eigenvalue weighted by Gasteiger charge is 2.28.